The van der Waals surface area contributed by atoms with Crippen LogP contribution in [0.5, 0.6) is 0 Å². The Balaban J connectivity index is 2.31. The van der Waals surface area contributed by atoms with Gasteiger partial charge in [0.05, 0.1) is 38.4 Å². The van der Waals surface area contributed by atoms with Gasteiger partial charge in [-0.25, -0.2) is 0 Å². The second-order valence-corrected chi connectivity index (χ2v) is 4.45. The van der Waals surface area contributed by atoms with Gasteiger partial charge in [0.15, 0.2) is 0 Å². The number of morpholine rings is 1. The molecule has 5 nitrogen and oxygen atoms in total. The minimum Gasteiger partial charge on any atom is -0.394 e. The Morgan fingerprint density at radius 1 is 1.53 bits per heavy atom. The predicted octanol–water partition coefficient (Wildman–Crippen LogP) is 0.564. The van der Waals surface area contributed by atoms with Crippen molar-refractivity contribution in [3.8, 4) is 0 Å². The number of hydrogen-bond acceptors (Lipinski definition) is 4. The van der Waals surface area contributed by atoms with E-state index >= 15 is 0 Å². The van der Waals surface area contributed by atoms with E-state index in [9.17, 15) is 18.0 Å². The molecule has 1 N–H and O–H groups in total. The van der Waals surface area contributed by atoms with E-state index in [-0.39, 0.29) is 38.1 Å². The topological polar surface area (TPSA) is 59.0 Å². The van der Waals surface area contributed by atoms with Gasteiger partial charge in [-0.2, -0.15) is 13.2 Å². The second-order valence-electron chi connectivity index (χ2n) is 4.45. The molecule has 0 bridgehead atoms. The Labute approximate surface area is 109 Å². The number of halogens is 3. The number of nitrogens with zero attached hydrogens (tertiary/aromatic N) is 1. The van der Waals surface area contributed by atoms with Crippen LogP contribution in [0.2, 0.25) is 0 Å². The number of rotatable bonds is 5. The molecular formula is C11H18F3NO4. The highest BCUT2D eigenvalue weighted by molar-refractivity contribution is 5.76. The number of amides is 1. The molecule has 1 fully saturated rings. The first-order valence-corrected chi connectivity index (χ1v) is 6.00. The number of ether oxygens (including phenoxy) is 2. The van der Waals surface area contributed by atoms with Crippen LogP contribution in [0.4, 0.5) is 13.2 Å². The SMILES string of the molecule is CC1COC(CO)CN1C(=O)CCOCC(F)(F)F. The fraction of sp³-hybridized carbons (Fsp3) is 0.909. The smallest absolute Gasteiger partial charge is 0.394 e. The van der Waals surface area contributed by atoms with Crippen molar-refractivity contribution in [2.24, 2.45) is 0 Å². The van der Waals surface area contributed by atoms with Gasteiger partial charge in [0.2, 0.25) is 5.91 Å². The molecule has 0 aromatic heterocycles. The van der Waals surface area contributed by atoms with Crippen LogP contribution in [0.15, 0.2) is 0 Å². The number of aliphatic hydroxyl groups is 1. The molecule has 19 heavy (non-hydrogen) atoms. The zero-order valence-corrected chi connectivity index (χ0v) is 10.7. The maximum atomic E-state index is 11.8. The number of carbonyl (C=O) groups is 1. The highest BCUT2D eigenvalue weighted by atomic mass is 19.4. The van der Waals surface area contributed by atoms with Gasteiger partial charge in [0, 0.05) is 6.54 Å². The number of hydrogen-bond donors (Lipinski definition) is 1. The van der Waals surface area contributed by atoms with E-state index in [1.807, 2.05) is 0 Å². The molecule has 1 saturated heterocycles. The molecule has 1 amide bonds. The summed E-state index contributed by atoms with van der Waals surface area (Å²) < 4.78 is 45.1. The van der Waals surface area contributed by atoms with Crippen molar-refractivity contribution in [1.29, 1.82) is 0 Å². The summed E-state index contributed by atoms with van der Waals surface area (Å²) in [6.07, 6.45) is -4.92. The fourth-order valence-corrected chi connectivity index (χ4v) is 1.77. The Bertz CT molecular complexity index is 298. The van der Waals surface area contributed by atoms with Crippen molar-refractivity contribution >= 4 is 5.91 Å². The second kappa shape index (κ2) is 7.06. The minimum absolute atomic E-state index is 0.113. The van der Waals surface area contributed by atoms with Gasteiger partial charge in [0.25, 0.3) is 0 Å². The molecule has 8 heteroatoms. The van der Waals surface area contributed by atoms with Gasteiger partial charge in [-0.05, 0) is 6.92 Å². The van der Waals surface area contributed by atoms with Crippen molar-refractivity contribution < 1.29 is 32.5 Å². The maximum absolute atomic E-state index is 11.8. The van der Waals surface area contributed by atoms with E-state index in [1.165, 1.54) is 4.90 Å². The van der Waals surface area contributed by atoms with Crippen LogP contribution >= 0.6 is 0 Å². The van der Waals surface area contributed by atoms with Crippen LogP contribution in [-0.2, 0) is 14.3 Å². The van der Waals surface area contributed by atoms with Gasteiger partial charge in [-0.15, -0.1) is 0 Å². The lowest BCUT2D eigenvalue weighted by Crippen LogP contribution is -2.52. The molecule has 1 rings (SSSR count). The van der Waals surface area contributed by atoms with Crippen LogP contribution in [-0.4, -0.2) is 67.2 Å². The molecule has 1 aliphatic heterocycles. The molecule has 0 spiro atoms. The first-order chi connectivity index (χ1) is 8.83. The molecule has 2 unspecified atom stereocenters. The average Bonchev–Trinajstić information content (AvgIpc) is 2.34. The Hall–Kier alpha value is -0.860. The van der Waals surface area contributed by atoms with E-state index in [1.54, 1.807) is 6.92 Å². The van der Waals surface area contributed by atoms with Gasteiger partial charge in [-0.1, -0.05) is 0 Å². The first kappa shape index (κ1) is 16.2. The largest absolute Gasteiger partial charge is 0.411 e. The van der Waals surface area contributed by atoms with Crippen molar-refractivity contribution in [2.45, 2.75) is 31.7 Å². The van der Waals surface area contributed by atoms with Crippen LogP contribution in [0.25, 0.3) is 0 Å². The first-order valence-electron chi connectivity index (χ1n) is 6.00. The standard InChI is InChI=1S/C11H18F3NO4/c1-8-6-19-9(5-16)4-15(8)10(17)2-3-18-7-11(12,13)14/h8-9,16H,2-7H2,1H3. The van der Waals surface area contributed by atoms with Crippen LogP contribution in [0.1, 0.15) is 13.3 Å². The summed E-state index contributed by atoms with van der Waals surface area (Å²) in [5, 5.41) is 8.97. The van der Waals surface area contributed by atoms with E-state index in [4.69, 9.17) is 9.84 Å². The lowest BCUT2D eigenvalue weighted by atomic mass is 10.2. The molecular weight excluding hydrogens is 267 g/mol. The zero-order chi connectivity index (χ0) is 14.5. The molecule has 0 saturated carbocycles. The van der Waals surface area contributed by atoms with E-state index in [0.717, 1.165) is 0 Å². The monoisotopic (exact) mass is 285 g/mol. The summed E-state index contributed by atoms with van der Waals surface area (Å²) in [5.41, 5.74) is 0. The maximum Gasteiger partial charge on any atom is 0.411 e. The third kappa shape index (κ3) is 5.75. The molecule has 0 aromatic carbocycles. The highest BCUT2D eigenvalue weighted by Crippen LogP contribution is 2.15. The molecule has 1 aliphatic rings. The van der Waals surface area contributed by atoms with Crippen molar-refractivity contribution in [3.05, 3.63) is 0 Å². The lowest BCUT2D eigenvalue weighted by molar-refractivity contribution is -0.176. The van der Waals surface area contributed by atoms with E-state index < -0.39 is 18.9 Å². The Kier molecular flexibility index (Phi) is 6.02. The van der Waals surface area contributed by atoms with Gasteiger partial charge in [-0.3, -0.25) is 4.79 Å². The fourth-order valence-electron chi connectivity index (χ4n) is 1.77. The molecule has 1 heterocycles. The van der Waals surface area contributed by atoms with Crippen LogP contribution in [0, 0.1) is 0 Å². The van der Waals surface area contributed by atoms with Gasteiger partial charge >= 0.3 is 6.18 Å². The summed E-state index contributed by atoms with van der Waals surface area (Å²) in [6.45, 7) is 0.518. The molecule has 0 radical (unpaired) electrons. The van der Waals surface area contributed by atoms with Crippen molar-refractivity contribution in [1.82, 2.24) is 4.90 Å². The molecule has 2 atom stereocenters. The lowest BCUT2D eigenvalue weighted by Gasteiger charge is -2.37. The summed E-state index contributed by atoms with van der Waals surface area (Å²) in [7, 11) is 0. The minimum atomic E-state index is -4.38. The van der Waals surface area contributed by atoms with Crippen molar-refractivity contribution in [3.63, 3.8) is 0 Å². The average molecular weight is 285 g/mol. The summed E-state index contributed by atoms with van der Waals surface area (Å²) in [5.74, 6) is -0.295. The van der Waals surface area contributed by atoms with E-state index in [2.05, 4.69) is 4.74 Å². The highest BCUT2D eigenvalue weighted by Gasteiger charge is 2.30. The number of aliphatic hydroxyl groups excluding tert-OH is 1. The molecule has 0 aliphatic carbocycles. The van der Waals surface area contributed by atoms with Crippen LogP contribution in [0.3, 0.4) is 0 Å². The normalized spacial score (nSPS) is 24.6. The Morgan fingerprint density at radius 2 is 2.21 bits per heavy atom. The number of alkyl halides is 3. The summed E-state index contributed by atoms with van der Waals surface area (Å²) in [4.78, 5) is 13.3. The molecule has 0 aromatic rings. The van der Waals surface area contributed by atoms with E-state index in [0.29, 0.717) is 6.61 Å². The van der Waals surface area contributed by atoms with Gasteiger partial charge < -0.3 is 19.5 Å². The molecule has 112 valence electrons. The predicted molar refractivity (Wildman–Crippen MR) is 59.5 cm³/mol. The third-order valence-electron chi connectivity index (χ3n) is 2.76. The Morgan fingerprint density at radius 3 is 2.79 bits per heavy atom. The quantitative estimate of drug-likeness (QED) is 0.750. The van der Waals surface area contributed by atoms with Crippen molar-refractivity contribution in [2.75, 3.05) is 33.0 Å². The summed E-state index contributed by atoms with van der Waals surface area (Å²) in [6, 6.07) is -0.155. The summed E-state index contributed by atoms with van der Waals surface area (Å²) >= 11 is 0. The third-order valence-corrected chi connectivity index (χ3v) is 2.76. The number of carbonyl (C=O) groups excluding carboxylic acids is 1. The van der Waals surface area contributed by atoms with Gasteiger partial charge in [0.1, 0.15) is 6.61 Å². The van der Waals surface area contributed by atoms with Crippen LogP contribution < -0.4 is 0 Å². The zero-order valence-electron chi connectivity index (χ0n) is 10.7.